The highest BCUT2D eigenvalue weighted by molar-refractivity contribution is 5.91. The molecule has 3 aromatic heterocycles. The molecule has 4 nitrogen and oxygen atoms in total. The number of anilines is 2. The first-order valence-electron chi connectivity index (χ1n) is 6.44. The number of nitrogens with zero attached hydrogens (tertiary/aromatic N) is 2. The van der Waals surface area contributed by atoms with Gasteiger partial charge in [0.2, 0.25) is 0 Å². The highest BCUT2D eigenvalue weighted by atomic mass is 15.0. The number of fused-ring (bicyclic) bond motifs is 2. The van der Waals surface area contributed by atoms with Crippen LogP contribution in [-0.4, -0.2) is 15.0 Å². The van der Waals surface area contributed by atoms with Gasteiger partial charge in [-0.3, -0.25) is 4.98 Å². The molecule has 20 heavy (non-hydrogen) atoms. The molecule has 1 aromatic carbocycles. The predicted molar refractivity (Wildman–Crippen MR) is 81.1 cm³/mol. The second kappa shape index (κ2) is 4.35. The third-order valence-corrected chi connectivity index (χ3v) is 3.35. The minimum absolute atomic E-state index is 0.825. The normalized spacial score (nSPS) is 11.0. The summed E-state index contributed by atoms with van der Waals surface area (Å²) in [5.41, 5.74) is 3.08. The number of hydrogen-bond acceptors (Lipinski definition) is 3. The van der Waals surface area contributed by atoms with Crippen LogP contribution in [0.1, 0.15) is 0 Å². The van der Waals surface area contributed by atoms with Crippen LogP contribution in [0.5, 0.6) is 0 Å². The molecule has 0 radical (unpaired) electrons. The lowest BCUT2D eigenvalue weighted by molar-refractivity contribution is 1.31. The first kappa shape index (κ1) is 11.0. The summed E-state index contributed by atoms with van der Waals surface area (Å²) in [5.74, 6) is 0.825. The van der Waals surface area contributed by atoms with Crippen molar-refractivity contribution in [1.82, 2.24) is 15.0 Å². The van der Waals surface area contributed by atoms with Gasteiger partial charge in [-0.05, 0) is 42.5 Å². The fourth-order valence-electron chi connectivity index (χ4n) is 2.37. The van der Waals surface area contributed by atoms with Crippen LogP contribution < -0.4 is 5.32 Å². The van der Waals surface area contributed by atoms with Gasteiger partial charge in [-0.2, -0.15) is 0 Å². The standard InChI is InChI=1S/C16H12N4/c1-2-13-15(17-7-1)6-9-19-16(13)20-12-3-4-14-11(10-12)5-8-18-14/h1-10,18H,(H,19,20). The average molecular weight is 260 g/mol. The van der Waals surface area contributed by atoms with E-state index < -0.39 is 0 Å². The van der Waals surface area contributed by atoms with Gasteiger partial charge in [0, 0.05) is 40.6 Å². The Balaban J connectivity index is 1.80. The monoisotopic (exact) mass is 260 g/mol. The maximum absolute atomic E-state index is 4.41. The van der Waals surface area contributed by atoms with Gasteiger partial charge >= 0.3 is 0 Å². The van der Waals surface area contributed by atoms with E-state index in [0.29, 0.717) is 0 Å². The van der Waals surface area contributed by atoms with Crippen molar-refractivity contribution in [2.45, 2.75) is 0 Å². The Morgan fingerprint density at radius 1 is 0.950 bits per heavy atom. The summed E-state index contributed by atoms with van der Waals surface area (Å²) in [6.07, 6.45) is 5.50. The lowest BCUT2D eigenvalue weighted by Crippen LogP contribution is -1.94. The van der Waals surface area contributed by atoms with E-state index in [1.807, 2.05) is 30.5 Å². The van der Waals surface area contributed by atoms with E-state index >= 15 is 0 Å². The third kappa shape index (κ3) is 1.78. The number of hydrogen-bond donors (Lipinski definition) is 2. The first-order valence-corrected chi connectivity index (χ1v) is 6.44. The van der Waals surface area contributed by atoms with Crippen LogP contribution in [0, 0.1) is 0 Å². The summed E-state index contributed by atoms with van der Waals surface area (Å²) in [6, 6.07) is 14.1. The quantitative estimate of drug-likeness (QED) is 0.575. The third-order valence-electron chi connectivity index (χ3n) is 3.35. The zero-order valence-electron chi connectivity index (χ0n) is 10.7. The van der Waals surface area contributed by atoms with Crippen LogP contribution in [-0.2, 0) is 0 Å². The Morgan fingerprint density at radius 2 is 1.95 bits per heavy atom. The molecule has 0 amide bonds. The van der Waals surface area contributed by atoms with Crippen LogP contribution in [0.2, 0.25) is 0 Å². The van der Waals surface area contributed by atoms with Crippen molar-refractivity contribution in [2.24, 2.45) is 0 Å². The fraction of sp³-hybridized carbons (Fsp3) is 0. The van der Waals surface area contributed by atoms with Crippen LogP contribution in [0.3, 0.4) is 0 Å². The summed E-state index contributed by atoms with van der Waals surface area (Å²) in [5, 5.41) is 5.56. The number of aromatic nitrogens is 3. The predicted octanol–water partition coefficient (Wildman–Crippen LogP) is 3.85. The first-order chi connectivity index (χ1) is 9.90. The van der Waals surface area contributed by atoms with E-state index in [9.17, 15) is 0 Å². The molecule has 0 saturated heterocycles. The molecule has 0 atom stereocenters. The van der Waals surface area contributed by atoms with Crippen LogP contribution in [0.15, 0.2) is 61.1 Å². The Bertz CT molecular complexity index is 890. The van der Waals surface area contributed by atoms with E-state index in [-0.39, 0.29) is 0 Å². The molecule has 4 heteroatoms. The molecule has 0 spiro atoms. The fourth-order valence-corrected chi connectivity index (χ4v) is 2.37. The van der Waals surface area contributed by atoms with E-state index in [4.69, 9.17) is 0 Å². The van der Waals surface area contributed by atoms with Gasteiger partial charge in [-0.15, -0.1) is 0 Å². The molecular weight excluding hydrogens is 248 g/mol. The molecule has 0 aliphatic heterocycles. The van der Waals surface area contributed by atoms with Gasteiger partial charge in [-0.25, -0.2) is 4.98 Å². The van der Waals surface area contributed by atoms with Crippen molar-refractivity contribution in [2.75, 3.05) is 5.32 Å². The second-order valence-corrected chi connectivity index (χ2v) is 4.63. The van der Waals surface area contributed by atoms with Gasteiger partial charge in [0.1, 0.15) is 5.82 Å². The van der Waals surface area contributed by atoms with Crippen molar-refractivity contribution < 1.29 is 0 Å². The maximum Gasteiger partial charge on any atom is 0.139 e. The SMILES string of the molecule is c1cnc2ccnc(Nc3ccc4[nH]ccc4c3)c2c1. The van der Waals surface area contributed by atoms with Crippen LogP contribution >= 0.6 is 0 Å². The second-order valence-electron chi connectivity index (χ2n) is 4.63. The highest BCUT2D eigenvalue weighted by Crippen LogP contribution is 2.24. The maximum atomic E-state index is 4.41. The lowest BCUT2D eigenvalue weighted by atomic mass is 10.2. The number of H-pyrrole nitrogens is 1. The molecule has 0 saturated carbocycles. The van der Waals surface area contributed by atoms with Crippen molar-refractivity contribution in [3.8, 4) is 0 Å². The van der Waals surface area contributed by atoms with Crippen molar-refractivity contribution >= 4 is 33.3 Å². The number of nitrogens with one attached hydrogen (secondary N) is 2. The Hall–Kier alpha value is -2.88. The summed E-state index contributed by atoms with van der Waals surface area (Å²) < 4.78 is 0. The molecular formula is C16H12N4. The van der Waals surface area contributed by atoms with E-state index in [2.05, 4.69) is 38.5 Å². The van der Waals surface area contributed by atoms with E-state index in [1.54, 1.807) is 12.4 Å². The zero-order valence-corrected chi connectivity index (χ0v) is 10.7. The molecule has 4 aromatic rings. The topological polar surface area (TPSA) is 53.6 Å². The lowest BCUT2D eigenvalue weighted by Gasteiger charge is -2.08. The number of rotatable bonds is 2. The molecule has 96 valence electrons. The highest BCUT2D eigenvalue weighted by Gasteiger charge is 2.04. The van der Waals surface area contributed by atoms with Crippen molar-refractivity contribution in [3.63, 3.8) is 0 Å². The molecule has 2 N–H and O–H groups in total. The minimum atomic E-state index is 0.825. The summed E-state index contributed by atoms with van der Waals surface area (Å²) in [7, 11) is 0. The number of pyridine rings is 2. The van der Waals surface area contributed by atoms with Crippen molar-refractivity contribution in [1.29, 1.82) is 0 Å². The Labute approximate surface area is 115 Å². The molecule has 0 aliphatic carbocycles. The van der Waals surface area contributed by atoms with E-state index in [1.165, 1.54) is 5.39 Å². The summed E-state index contributed by atoms with van der Waals surface area (Å²) in [6.45, 7) is 0. The number of aromatic amines is 1. The largest absolute Gasteiger partial charge is 0.361 e. The average Bonchev–Trinajstić information content (AvgIpc) is 2.95. The molecule has 4 rings (SSSR count). The number of benzene rings is 1. The molecule has 3 heterocycles. The smallest absolute Gasteiger partial charge is 0.139 e. The molecule has 0 aliphatic rings. The van der Waals surface area contributed by atoms with Crippen LogP contribution in [0.25, 0.3) is 21.8 Å². The molecule has 0 bridgehead atoms. The van der Waals surface area contributed by atoms with Crippen molar-refractivity contribution in [3.05, 3.63) is 61.1 Å². The minimum Gasteiger partial charge on any atom is -0.361 e. The summed E-state index contributed by atoms with van der Waals surface area (Å²) in [4.78, 5) is 11.9. The van der Waals surface area contributed by atoms with E-state index in [0.717, 1.165) is 27.9 Å². The molecule has 0 unspecified atom stereocenters. The Kier molecular flexibility index (Phi) is 2.39. The van der Waals surface area contributed by atoms with Crippen LogP contribution in [0.4, 0.5) is 11.5 Å². The van der Waals surface area contributed by atoms with Gasteiger partial charge < -0.3 is 10.3 Å². The van der Waals surface area contributed by atoms with Gasteiger partial charge in [-0.1, -0.05) is 0 Å². The summed E-state index contributed by atoms with van der Waals surface area (Å²) >= 11 is 0. The molecule has 0 fully saturated rings. The van der Waals surface area contributed by atoms with Gasteiger partial charge in [0.25, 0.3) is 0 Å². The Morgan fingerprint density at radius 3 is 2.95 bits per heavy atom. The van der Waals surface area contributed by atoms with Gasteiger partial charge in [0.15, 0.2) is 0 Å². The van der Waals surface area contributed by atoms with Gasteiger partial charge in [0.05, 0.1) is 5.52 Å². The zero-order chi connectivity index (χ0) is 13.4.